The summed E-state index contributed by atoms with van der Waals surface area (Å²) in [5.41, 5.74) is 9.84. The molecule has 0 atom stereocenters. The van der Waals surface area contributed by atoms with E-state index in [1.54, 1.807) is 7.05 Å². The van der Waals surface area contributed by atoms with E-state index in [4.69, 9.17) is 11.5 Å². The van der Waals surface area contributed by atoms with Gasteiger partial charge in [-0.15, -0.1) is 0 Å². The van der Waals surface area contributed by atoms with Crippen molar-refractivity contribution in [2.24, 2.45) is 11.5 Å². The van der Waals surface area contributed by atoms with Crippen LogP contribution in [0.5, 0.6) is 0 Å². The van der Waals surface area contributed by atoms with Gasteiger partial charge in [0.15, 0.2) is 0 Å². The van der Waals surface area contributed by atoms with Gasteiger partial charge >= 0.3 is 0 Å². The van der Waals surface area contributed by atoms with Crippen LogP contribution in [0.15, 0.2) is 11.9 Å². The van der Waals surface area contributed by atoms with Crippen LogP contribution in [0.25, 0.3) is 0 Å². The van der Waals surface area contributed by atoms with E-state index in [-0.39, 0.29) is 5.70 Å². The van der Waals surface area contributed by atoms with Gasteiger partial charge in [0, 0.05) is 13.2 Å². The molecule has 0 aromatic heterocycles. The molecule has 0 fully saturated rings. The number of carbonyl (C=O) groups excluding carboxylic acids is 1. The summed E-state index contributed by atoms with van der Waals surface area (Å²) >= 11 is 0. The largest absolute Gasteiger partial charge is 0.393 e. The highest BCUT2D eigenvalue weighted by Crippen LogP contribution is 1.73. The lowest BCUT2D eigenvalue weighted by molar-refractivity contribution is -0.114. The zero-order chi connectivity index (χ0) is 6.57. The van der Waals surface area contributed by atoms with Crippen LogP contribution in [0.2, 0.25) is 0 Å². The van der Waals surface area contributed by atoms with Crippen molar-refractivity contribution in [1.29, 1.82) is 0 Å². The van der Waals surface area contributed by atoms with Crippen molar-refractivity contribution in [3.05, 3.63) is 11.9 Å². The quantitative estimate of drug-likeness (QED) is 0.383. The highest BCUT2D eigenvalue weighted by molar-refractivity contribution is 5.90. The topological polar surface area (TPSA) is 81.1 Å². The smallest absolute Gasteiger partial charge is 0.266 e. The molecule has 46 valence electrons. The summed E-state index contributed by atoms with van der Waals surface area (Å²) in [5.74, 6) is -0.612. The normalized spacial score (nSPS) is 10.9. The Hall–Kier alpha value is -1.19. The molecule has 0 unspecified atom stereocenters. The fourth-order valence-corrected chi connectivity index (χ4v) is 0.227. The SMILES string of the molecule is CN/C=C(\N)C(N)=O. The maximum Gasteiger partial charge on any atom is 0.266 e. The van der Waals surface area contributed by atoms with Crippen molar-refractivity contribution in [3.8, 4) is 0 Å². The number of carbonyl (C=O) groups is 1. The summed E-state index contributed by atoms with van der Waals surface area (Å²) in [6.07, 6.45) is 1.34. The fourth-order valence-electron chi connectivity index (χ4n) is 0.227. The fraction of sp³-hybridized carbons (Fsp3) is 0.250. The zero-order valence-electron chi connectivity index (χ0n) is 4.64. The highest BCUT2D eigenvalue weighted by atomic mass is 16.1. The Morgan fingerprint density at radius 3 is 2.25 bits per heavy atom. The van der Waals surface area contributed by atoms with Crippen LogP contribution in [0.4, 0.5) is 0 Å². The summed E-state index contributed by atoms with van der Waals surface area (Å²) in [4.78, 5) is 10.1. The number of hydrogen-bond donors (Lipinski definition) is 3. The van der Waals surface area contributed by atoms with Crippen LogP contribution in [0, 0.1) is 0 Å². The number of hydrogen-bond acceptors (Lipinski definition) is 3. The number of primary amides is 1. The maximum absolute atomic E-state index is 10.1. The van der Waals surface area contributed by atoms with Gasteiger partial charge in [0.05, 0.1) is 0 Å². The second-order valence-corrected chi connectivity index (χ2v) is 1.25. The Labute approximate surface area is 47.5 Å². The maximum atomic E-state index is 10.1. The molecule has 5 N–H and O–H groups in total. The second kappa shape index (κ2) is 2.90. The van der Waals surface area contributed by atoms with E-state index in [0.717, 1.165) is 0 Å². The minimum Gasteiger partial charge on any atom is -0.393 e. The monoisotopic (exact) mass is 115 g/mol. The van der Waals surface area contributed by atoms with Crippen LogP contribution < -0.4 is 16.8 Å². The molecule has 0 aliphatic carbocycles. The predicted octanol–water partition coefficient (Wildman–Crippen LogP) is -1.51. The number of nitrogens with two attached hydrogens (primary N) is 2. The lowest BCUT2D eigenvalue weighted by atomic mass is 10.5. The lowest BCUT2D eigenvalue weighted by Crippen LogP contribution is -2.21. The minimum atomic E-state index is -0.612. The van der Waals surface area contributed by atoms with Gasteiger partial charge < -0.3 is 16.8 Å². The van der Waals surface area contributed by atoms with E-state index >= 15 is 0 Å². The first-order chi connectivity index (χ1) is 3.68. The van der Waals surface area contributed by atoms with Crippen molar-refractivity contribution in [1.82, 2.24) is 5.32 Å². The molecule has 1 amide bonds. The molecule has 4 heteroatoms. The first-order valence-corrected chi connectivity index (χ1v) is 2.11. The van der Waals surface area contributed by atoms with Crippen LogP contribution in [-0.4, -0.2) is 13.0 Å². The van der Waals surface area contributed by atoms with Gasteiger partial charge in [0.1, 0.15) is 5.70 Å². The molecule has 0 aliphatic rings. The first kappa shape index (κ1) is 6.81. The zero-order valence-corrected chi connectivity index (χ0v) is 4.64. The van der Waals surface area contributed by atoms with E-state index in [2.05, 4.69) is 5.32 Å². The molecule has 0 spiro atoms. The van der Waals surface area contributed by atoms with E-state index < -0.39 is 5.91 Å². The molecule has 0 heterocycles. The Balaban J connectivity index is 3.80. The van der Waals surface area contributed by atoms with Crippen LogP contribution >= 0.6 is 0 Å². The van der Waals surface area contributed by atoms with Crippen molar-refractivity contribution in [2.75, 3.05) is 7.05 Å². The third-order valence-corrected chi connectivity index (χ3v) is 0.584. The second-order valence-electron chi connectivity index (χ2n) is 1.25. The van der Waals surface area contributed by atoms with Crippen LogP contribution in [-0.2, 0) is 4.79 Å². The molecular weight excluding hydrogens is 106 g/mol. The van der Waals surface area contributed by atoms with Crippen molar-refractivity contribution < 1.29 is 4.79 Å². The lowest BCUT2D eigenvalue weighted by Gasteiger charge is -1.91. The van der Waals surface area contributed by atoms with E-state index in [1.165, 1.54) is 6.20 Å². The Bertz CT molecular complexity index is 118. The Kier molecular flexibility index (Phi) is 2.47. The number of rotatable bonds is 2. The van der Waals surface area contributed by atoms with Gasteiger partial charge in [0.2, 0.25) is 0 Å². The van der Waals surface area contributed by atoms with E-state index in [1.807, 2.05) is 0 Å². The minimum absolute atomic E-state index is 0.0347. The van der Waals surface area contributed by atoms with Crippen LogP contribution in [0.1, 0.15) is 0 Å². The van der Waals surface area contributed by atoms with Gasteiger partial charge in [-0.2, -0.15) is 0 Å². The summed E-state index contributed by atoms with van der Waals surface area (Å²) in [7, 11) is 1.63. The van der Waals surface area contributed by atoms with Crippen molar-refractivity contribution in [3.63, 3.8) is 0 Å². The molecule has 0 saturated carbocycles. The van der Waals surface area contributed by atoms with Gasteiger partial charge in [0.25, 0.3) is 5.91 Å². The molecule has 0 rings (SSSR count). The highest BCUT2D eigenvalue weighted by Gasteiger charge is 1.93. The first-order valence-electron chi connectivity index (χ1n) is 2.11. The van der Waals surface area contributed by atoms with E-state index in [0.29, 0.717) is 0 Å². The Morgan fingerprint density at radius 1 is 1.62 bits per heavy atom. The average molecular weight is 115 g/mol. The predicted molar refractivity (Wildman–Crippen MR) is 30.5 cm³/mol. The van der Waals surface area contributed by atoms with Crippen molar-refractivity contribution in [2.45, 2.75) is 0 Å². The third kappa shape index (κ3) is 2.07. The number of amides is 1. The average Bonchev–Trinajstić information content (AvgIpc) is 1.67. The van der Waals surface area contributed by atoms with Gasteiger partial charge in [-0.25, -0.2) is 0 Å². The van der Waals surface area contributed by atoms with E-state index in [9.17, 15) is 4.79 Å². The molecule has 0 saturated heterocycles. The summed E-state index contributed by atoms with van der Waals surface area (Å²) < 4.78 is 0. The molecule has 0 aliphatic heterocycles. The third-order valence-electron chi connectivity index (χ3n) is 0.584. The summed E-state index contributed by atoms with van der Waals surface area (Å²) in [6.45, 7) is 0. The molecule has 8 heavy (non-hydrogen) atoms. The molecule has 0 bridgehead atoms. The van der Waals surface area contributed by atoms with Crippen LogP contribution in [0.3, 0.4) is 0 Å². The van der Waals surface area contributed by atoms with Gasteiger partial charge in [-0.05, 0) is 0 Å². The molecule has 0 aromatic carbocycles. The summed E-state index contributed by atoms with van der Waals surface area (Å²) in [5, 5.41) is 2.56. The molecular formula is C4H9N3O. The van der Waals surface area contributed by atoms with Gasteiger partial charge in [-0.1, -0.05) is 0 Å². The van der Waals surface area contributed by atoms with Crippen molar-refractivity contribution >= 4 is 5.91 Å². The molecule has 4 nitrogen and oxygen atoms in total. The number of nitrogens with one attached hydrogen (secondary N) is 1. The van der Waals surface area contributed by atoms with Gasteiger partial charge in [-0.3, -0.25) is 4.79 Å². The standard InChI is InChI=1S/C4H9N3O/c1-7-2-3(5)4(6)8/h2,7H,5H2,1H3,(H2,6,8)/b3-2-. The molecule has 0 aromatic rings. The summed E-state index contributed by atoms with van der Waals surface area (Å²) in [6, 6.07) is 0. The molecule has 0 radical (unpaired) electrons. The Morgan fingerprint density at radius 2 is 2.12 bits per heavy atom.